The van der Waals surface area contributed by atoms with Crippen molar-refractivity contribution in [2.45, 2.75) is 24.0 Å². The first-order chi connectivity index (χ1) is 10.8. The second-order valence-electron chi connectivity index (χ2n) is 4.56. The molecule has 120 valence electrons. The molecule has 11 heteroatoms. The van der Waals surface area contributed by atoms with Gasteiger partial charge in [0.2, 0.25) is 5.82 Å². The number of thioether (sulfide) groups is 1. The smallest absolute Gasteiger partial charge is 0.267 e. The van der Waals surface area contributed by atoms with E-state index in [2.05, 4.69) is 19.9 Å². The lowest BCUT2D eigenvalue weighted by molar-refractivity contribution is -0.144. The maximum Gasteiger partial charge on any atom is 0.451 e. The first-order valence-electron chi connectivity index (χ1n) is 6.31. The van der Waals surface area contributed by atoms with Gasteiger partial charge in [-0.25, -0.2) is 15.0 Å². The molecule has 23 heavy (non-hydrogen) atoms. The molecule has 3 rings (SSSR count). The number of halogens is 3. The van der Waals surface area contributed by atoms with Crippen LogP contribution in [0.4, 0.5) is 13.2 Å². The highest BCUT2D eigenvalue weighted by Crippen LogP contribution is 2.26. The predicted octanol–water partition coefficient (Wildman–Crippen LogP) is 1.83. The molecule has 0 unspecified atom stereocenters. The third-order valence-electron chi connectivity index (χ3n) is 2.77. The van der Waals surface area contributed by atoms with E-state index in [4.69, 9.17) is 0 Å². The fraction of sp³-hybridized carbons (Fsp3) is 0.250. The summed E-state index contributed by atoms with van der Waals surface area (Å²) in [4.78, 5) is 27.3. The van der Waals surface area contributed by atoms with Gasteiger partial charge in [0.25, 0.3) is 11.3 Å². The van der Waals surface area contributed by atoms with Crippen molar-refractivity contribution in [3.05, 3.63) is 45.9 Å². The van der Waals surface area contributed by atoms with Crippen LogP contribution in [0.2, 0.25) is 0 Å². The number of nitrogens with one attached hydrogen (secondary N) is 1. The maximum absolute atomic E-state index is 12.6. The van der Waals surface area contributed by atoms with Crippen LogP contribution >= 0.6 is 11.8 Å². The quantitative estimate of drug-likeness (QED) is 0.577. The first-order valence-corrected chi connectivity index (χ1v) is 7.30. The van der Waals surface area contributed by atoms with Crippen molar-refractivity contribution in [3.63, 3.8) is 0 Å². The molecule has 3 aromatic rings. The average molecular weight is 342 g/mol. The van der Waals surface area contributed by atoms with Crippen molar-refractivity contribution in [1.29, 1.82) is 0 Å². The third-order valence-corrected chi connectivity index (χ3v) is 3.67. The van der Waals surface area contributed by atoms with E-state index in [0.717, 1.165) is 11.8 Å². The highest BCUT2D eigenvalue weighted by atomic mass is 32.2. The summed E-state index contributed by atoms with van der Waals surface area (Å²) in [5.74, 6) is -1.36. The molecule has 0 fully saturated rings. The lowest BCUT2D eigenvalue weighted by atomic mass is 10.4. The standard InChI is InChI=1S/C12H9F3N6OS/c1-6-2-3-16-11(17-6)23-5-7-4-8(22)21-10(18-7)19-9(20-21)12(13,14)15/h2-4H,5H2,1H3,(H,18,19,20). The number of alkyl halides is 3. The van der Waals surface area contributed by atoms with Gasteiger partial charge >= 0.3 is 6.18 Å². The molecule has 0 aliphatic rings. The van der Waals surface area contributed by atoms with Crippen LogP contribution in [0.25, 0.3) is 5.78 Å². The zero-order valence-electron chi connectivity index (χ0n) is 11.6. The molecule has 0 saturated carbocycles. The highest BCUT2D eigenvalue weighted by Gasteiger charge is 2.35. The Morgan fingerprint density at radius 1 is 1.30 bits per heavy atom. The van der Waals surface area contributed by atoms with E-state index in [1.807, 2.05) is 12.0 Å². The molecule has 3 aromatic heterocycles. The Kier molecular flexibility index (Phi) is 3.80. The van der Waals surface area contributed by atoms with E-state index in [0.29, 0.717) is 15.4 Å². The fourth-order valence-corrected chi connectivity index (χ4v) is 2.53. The Bertz CT molecular complexity index is 919. The van der Waals surface area contributed by atoms with E-state index in [1.165, 1.54) is 11.8 Å². The van der Waals surface area contributed by atoms with Crippen molar-refractivity contribution in [2.75, 3.05) is 0 Å². The number of fused-ring (bicyclic) bond motifs is 1. The number of H-pyrrole nitrogens is 1. The summed E-state index contributed by atoms with van der Waals surface area (Å²) in [6, 6.07) is 2.89. The molecule has 0 aliphatic heterocycles. The molecule has 1 N–H and O–H groups in total. The summed E-state index contributed by atoms with van der Waals surface area (Å²) in [7, 11) is 0. The lowest BCUT2D eigenvalue weighted by Gasteiger charge is -2.00. The summed E-state index contributed by atoms with van der Waals surface area (Å²) < 4.78 is 38.5. The van der Waals surface area contributed by atoms with Crippen molar-refractivity contribution in [3.8, 4) is 0 Å². The molecule has 0 amide bonds. The molecule has 7 nitrogen and oxygen atoms in total. The number of aromatic nitrogens is 6. The molecule has 0 aliphatic carbocycles. The summed E-state index contributed by atoms with van der Waals surface area (Å²) in [5.41, 5.74) is 0.414. The van der Waals surface area contributed by atoms with E-state index in [1.54, 1.807) is 12.3 Å². The zero-order chi connectivity index (χ0) is 16.6. The number of aromatic amines is 1. The summed E-state index contributed by atoms with van der Waals surface area (Å²) in [6.07, 6.45) is -3.08. The van der Waals surface area contributed by atoms with E-state index in [-0.39, 0.29) is 11.5 Å². The zero-order valence-corrected chi connectivity index (χ0v) is 12.4. The lowest BCUT2D eigenvalue weighted by Crippen LogP contribution is -2.16. The first kappa shape index (κ1) is 15.5. The van der Waals surface area contributed by atoms with Gasteiger partial charge in [-0.1, -0.05) is 11.8 Å². The van der Waals surface area contributed by atoms with Gasteiger partial charge in [-0.15, -0.1) is 0 Å². The largest absolute Gasteiger partial charge is 0.451 e. The van der Waals surface area contributed by atoms with Crippen LogP contribution in [0, 0.1) is 6.92 Å². The predicted molar refractivity (Wildman–Crippen MR) is 74.9 cm³/mol. The van der Waals surface area contributed by atoms with Crippen LogP contribution in [0.15, 0.2) is 28.3 Å². The van der Waals surface area contributed by atoms with Crippen LogP contribution in [0.3, 0.4) is 0 Å². The minimum Gasteiger partial charge on any atom is -0.267 e. The van der Waals surface area contributed by atoms with Crippen molar-refractivity contribution in [1.82, 2.24) is 29.5 Å². The Balaban J connectivity index is 1.89. The summed E-state index contributed by atoms with van der Waals surface area (Å²) in [6.45, 7) is 1.81. The SMILES string of the molecule is Cc1ccnc(SCc2cc(=O)n3[nH]c(C(F)(F)F)nc3n2)n1. The van der Waals surface area contributed by atoms with Crippen LogP contribution in [-0.4, -0.2) is 29.5 Å². The highest BCUT2D eigenvalue weighted by molar-refractivity contribution is 7.98. The Morgan fingerprint density at radius 3 is 2.78 bits per heavy atom. The number of nitrogens with zero attached hydrogens (tertiary/aromatic N) is 5. The molecular weight excluding hydrogens is 333 g/mol. The van der Waals surface area contributed by atoms with E-state index < -0.39 is 17.6 Å². The summed E-state index contributed by atoms with van der Waals surface area (Å²) >= 11 is 1.22. The number of rotatable bonds is 3. The second-order valence-corrected chi connectivity index (χ2v) is 5.50. The van der Waals surface area contributed by atoms with Crippen molar-refractivity contribution in [2.24, 2.45) is 0 Å². The van der Waals surface area contributed by atoms with Crippen molar-refractivity contribution < 1.29 is 13.2 Å². The average Bonchev–Trinajstić information content (AvgIpc) is 2.90. The third kappa shape index (κ3) is 3.33. The second kappa shape index (κ2) is 5.65. The Morgan fingerprint density at radius 2 is 2.09 bits per heavy atom. The molecule has 0 saturated heterocycles. The number of hydrogen-bond acceptors (Lipinski definition) is 6. The van der Waals surface area contributed by atoms with Gasteiger partial charge in [0.1, 0.15) is 0 Å². The van der Waals surface area contributed by atoms with Gasteiger partial charge < -0.3 is 0 Å². The minimum absolute atomic E-state index is 0.239. The monoisotopic (exact) mass is 342 g/mol. The molecule has 0 atom stereocenters. The summed E-state index contributed by atoms with van der Waals surface area (Å²) in [5, 5.41) is 2.38. The van der Waals surface area contributed by atoms with Gasteiger partial charge in [-0.3, -0.25) is 9.89 Å². The molecule has 0 radical (unpaired) electrons. The van der Waals surface area contributed by atoms with Gasteiger partial charge in [0.15, 0.2) is 5.16 Å². The minimum atomic E-state index is -4.68. The van der Waals surface area contributed by atoms with Crippen LogP contribution < -0.4 is 5.56 Å². The van der Waals surface area contributed by atoms with Gasteiger partial charge in [-0.05, 0) is 13.0 Å². The van der Waals surface area contributed by atoms with Gasteiger partial charge in [-0.2, -0.15) is 22.7 Å². The molecule has 0 aromatic carbocycles. The molecule has 3 heterocycles. The van der Waals surface area contributed by atoms with Gasteiger partial charge in [0, 0.05) is 23.7 Å². The maximum atomic E-state index is 12.6. The topological polar surface area (TPSA) is 88.8 Å². The van der Waals surface area contributed by atoms with Crippen LogP contribution in [0.1, 0.15) is 17.2 Å². The van der Waals surface area contributed by atoms with E-state index >= 15 is 0 Å². The molecular formula is C12H9F3N6OS. The molecule has 0 bridgehead atoms. The van der Waals surface area contributed by atoms with Crippen LogP contribution in [0.5, 0.6) is 0 Å². The Hall–Kier alpha value is -2.43. The van der Waals surface area contributed by atoms with Crippen molar-refractivity contribution >= 4 is 17.5 Å². The Labute approximate surface area is 131 Å². The normalized spacial score (nSPS) is 12.0. The van der Waals surface area contributed by atoms with Crippen LogP contribution in [-0.2, 0) is 11.9 Å². The van der Waals surface area contributed by atoms with E-state index in [9.17, 15) is 18.0 Å². The number of hydrogen-bond donors (Lipinski definition) is 1. The fourth-order valence-electron chi connectivity index (χ4n) is 1.76. The van der Waals surface area contributed by atoms with Gasteiger partial charge in [0.05, 0.1) is 5.69 Å². The molecule has 0 spiro atoms. The number of aryl methyl sites for hydroxylation is 1.